The molecule has 150 valence electrons. The molecule has 0 aromatic heterocycles. The molecule has 2 aromatic carbocycles. The molecule has 0 aliphatic heterocycles. The monoisotopic (exact) mass is 395 g/mol. The molecule has 5 nitrogen and oxygen atoms in total. The number of carboxylic acid groups (broad SMARTS) is 1. The predicted octanol–water partition coefficient (Wildman–Crippen LogP) is 3.62. The van der Waals surface area contributed by atoms with Crippen molar-refractivity contribution in [1.82, 2.24) is 5.32 Å². The number of alkyl halides is 3. The molecule has 0 unspecified atom stereocenters. The van der Waals surface area contributed by atoms with E-state index in [0.29, 0.717) is 24.3 Å². The zero-order valence-corrected chi connectivity index (χ0v) is 15.0. The molecule has 28 heavy (non-hydrogen) atoms. The smallest absolute Gasteiger partial charge is 0.389 e. The van der Waals surface area contributed by atoms with Crippen molar-refractivity contribution in [2.75, 3.05) is 13.2 Å². The van der Waals surface area contributed by atoms with Crippen LogP contribution < -0.4 is 10.1 Å². The summed E-state index contributed by atoms with van der Waals surface area (Å²) in [7, 11) is 0. The second-order valence-electron chi connectivity index (χ2n) is 6.10. The molecule has 0 aliphatic rings. The number of aryl methyl sites for hydroxylation is 1. The van der Waals surface area contributed by atoms with Crippen LogP contribution in [0.3, 0.4) is 0 Å². The van der Waals surface area contributed by atoms with Crippen LogP contribution in [0.15, 0.2) is 48.5 Å². The highest BCUT2D eigenvalue weighted by molar-refractivity contribution is 5.95. The fourth-order valence-corrected chi connectivity index (χ4v) is 2.55. The molecular formula is C20H20F3NO4. The maximum Gasteiger partial charge on any atom is 0.389 e. The van der Waals surface area contributed by atoms with Gasteiger partial charge in [0.2, 0.25) is 0 Å². The molecule has 0 spiro atoms. The van der Waals surface area contributed by atoms with Crippen molar-refractivity contribution in [1.29, 1.82) is 0 Å². The first kappa shape index (κ1) is 21.3. The molecule has 0 aliphatic carbocycles. The number of ether oxygens (including phenoxy) is 1. The standard InChI is InChI=1S/C20H20F3NO4/c21-20(22,23)11-9-15-3-1-2-4-17(15)19(27)24-12-10-14-5-7-16(8-6-14)28-13-18(25)26/h1-8H,9-13H2,(H,24,27)(H,25,26). The van der Waals surface area contributed by atoms with Gasteiger partial charge in [0.15, 0.2) is 6.61 Å². The highest BCUT2D eigenvalue weighted by Gasteiger charge is 2.27. The first-order valence-electron chi connectivity index (χ1n) is 8.61. The Balaban J connectivity index is 1.86. The Kier molecular flexibility index (Phi) is 7.43. The van der Waals surface area contributed by atoms with Crippen LogP contribution in [0.2, 0.25) is 0 Å². The van der Waals surface area contributed by atoms with Gasteiger partial charge in [0, 0.05) is 18.5 Å². The van der Waals surface area contributed by atoms with E-state index >= 15 is 0 Å². The fraction of sp³-hybridized carbons (Fsp3) is 0.300. The van der Waals surface area contributed by atoms with E-state index in [2.05, 4.69) is 5.32 Å². The van der Waals surface area contributed by atoms with Crippen molar-refractivity contribution in [3.63, 3.8) is 0 Å². The Hall–Kier alpha value is -3.03. The molecule has 1 amide bonds. The van der Waals surface area contributed by atoms with Crippen LogP contribution in [0.4, 0.5) is 13.2 Å². The lowest BCUT2D eigenvalue weighted by atomic mass is 10.0. The maximum absolute atomic E-state index is 12.4. The minimum absolute atomic E-state index is 0.240. The van der Waals surface area contributed by atoms with E-state index in [0.717, 1.165) is 5.56 Å². The zero-order chi connectivity index (χ0) is 20.6. The van der Waals surface area contributed by atoms with E-state index in [9.17, 15) is 22.8 Å². The quantitative estimate of drug-likeness (QED) is 0.680. The Morgan fingerprint density at radius 2 is 1.68 bits per heavy atom. The summed E-state index contributed by atoms with van der Waals surface area (Å²) >= 11 is 0. The van der Waals surface area contributed by atoms with Crippen LogP contribution in [-0.4, -0.2) is 36.3 Å². The van der Waals surface area contributed by atoms with Gasteiger partial charge in [-0.3, -0.25) is 4.79 Å². The van der Waals surface area contributed by atoms with Crippen LogP contribution in [0.1, 0.15) is 27.9 Å². The van der Waals surface area contributed by atoms with Gasteiger partial charge in [0.1, 0.15) is 5.75 Å². The Morgan fingerprint density at radius 1 is 1.00 bits per heavy atom. The van der Waals surface area contributed by atoms with Gasteiger partial charge in [-0.05, 0) is 42.2 Å². The van der Waals surface area contributed by atoms with Gasteiger partial charge in [0.25, 0.3) is 5.91 Å². The van der Waals surface area contributed by atoms with Crippen molar-refractivity contribution >= 4 is 11.9 Å². The molecule has 2 rings (SSSR count). The van der Waals surface area contributed by atoms with Crippen molar-refractivity contribution in [3.05, 3.63) is 65.2 Å². The van der Waals surface area contributed by atoms with Gasteiger partial charge >= 0.3 is 12.1 Å². The maximum atomic E-state index is 12.4. The van der Waals surface area contributed by atoms with Crippen LogP contribution in [0.25, 0.3) is 0 Å². The molecule has 8 heteroatoms. The number of carbonyl (C=O) groups excluding carboxylic acids is 1. The van der Waals surface area contributed by atoms with Crippen LogP contribution >= 0.6 is 0 Å². The van der Waals surface area contributed by atoms with Gasteiger partial charge in [-0.15, -0.1) is 0 Å². The molecule has 0 bridgehead atoms. The molecule has 0 saturated carbocycles. The zero-order valence-electron chi connectivity index (χ0n) is 15.0. The summed E-state index contributed by atoms with van der Waals surface area (Å²) in [5, 5.41) is 11.3. The lowest BCUT2D eigenvalue weighted by Gasteiger charge is -2.12. The van der Waals surface area contributed by atoms with Gasteiger partial charge in [0.05, 0.1) is 0 Å². The number of carboxylic acids is 1. The van der Waals surface area contributed by atoms with E-state index in [-0.39, 0.29) is 12.0 Å². The summed E-state index contributed by atoms with van der Waals surface area (Å²) in [5.74, 6) is -1.06. The molecule has 2 aromatic rings. The summed E-state index contributed by atoms with van der Waals surface area (Å²) in [6.07, 6.45) is -4.99. The average molecular weight is 395 g/mol. The topological polar surface area (TPSA) is 75.6 Å². The Labute approximate surface area is 160 Å². The highest BCUT2D eigenvalue weighted by atomic mass is 19.4. The first-order chi connectivity index (χ1) is 13.2. The van der Waals surface area contributed by atoms with Crippen molar-refractivity contribution in [2.24, 2.45) is 0 Å². The van der Waals surface area contributed by atoms with E-state index < -0.39 is 31.1 Å². The molecule has 0 radical (unpaired) electrons. The first-order valence-corrected chi connectivity index (χ1v) is 8.61. The minimum Gasteiger partial charge on any atom is -0.482 e. The van der Waals surface area contributed by atoms with E-state index in [1.165, 1.54) is 12.1 Å². The SMILES string of the molecule is O=C(O)COc1ccc(CCNC(=O)c2ccccc2CCC(F)(F)F)cc1. The number of benzene rings is 2. The fourth-order valence-electron chi connectivity index (χ4n) is 2.55. The third-order valence-corrected chi connectivity index (χ3v) is 3.92. The molecule has 0 fully saturated rings. The third kappa shape index (κ3) is 7.30. The summed E-state index contributed by atoms with van der Waals surface area (Å²) in [4.78, 5) is 22.8. The number of hydrogen-bond donors (Lipinski definition) is 2. The number of nitrogens with one attached hydrogen (secondary N) is 1. The van der Waals surface area contributed by atoms with E-state index in [1.807, 2.05) is 0 Å². The van der Waals surface area contributed by atoms with E-state index in [1.54, 1.807) is 36.4 Å². The Bertz CT molecular complexity index is 804. The van der Waals surface area contributed by atoms with Crippen molar-refractivity contribution in [3.8, 4) is 5.75 Å². The van der Waals surface area contributed by atoms with Gasteiger partial charge in [-0.1, -0.05) is 30.3 Å². The lowest BCUT2D eigenvalue weighted by Crippen LogP contribution is -2.27. The summed E-state index contributed by atoms with van der Waals surface area (Å²) in [6.45, 7) is -0.120. The number of carbonyl (C=O) groups is 2. The van der Waals surface area contributed by atoms with Crippen LogP contribution in [0, 0.1) is 0 Å². The summed E-state index contributed by atoms with van der Waals surface area (Å²) in [6, 6.07) is 13.0. The predicted molar refractivity (Wildman–Crippen MR) is 96.4 cm³/mol. The molecule has 0 saturated heterocycles. The summed E-state index contributed by atoms with van der Waals surface area (Å²) in [5.41, 5.74) is 1.50. The normalized spacial score (nSPS) is 11.1. The highest BCUT2D eigenvalue weighted by Crippen LogP contribution is 2.23. The third-order valence-electron chi connectivity index (χ3n) is 3.92. The molecular weight excluding hydrogens is 375 g/mol. The second kappa shape index (κ2) is 9.77. The van der Waals surface area contributed by atoms with Crippen molar-refractivity contribution < 1.29 is 32.6 Å². The van der Waals surface area contributed by atoms with Crippen molar-refractivity contribution in [2.45, 2.75) is 25.4 Å². The number of aliphatic carboxylic acids is 1. The Morgan fingerprint density at radius 3 is 2.32 bits per heavy atom. The minimum atomic E-state index is -4.27. The number of amides is 1. The number of rotatable bonds is 9. The molecule has 0 atom stereocenters. The largest absolute Gasteiger partial charge is 0.482 e. The van der Waals surface area contributed by atoms with Crippen LogP contribution in [-0.2, 0) is 17.6 Å². The number of halogens is 3. The number of hydrogen-bond acceptors (Lipinski definition) is 3. The van der Waals surface area contributed by atoms with Gasteiger partial charge in [-0.25, -0.2) is 4.79 Å². The molecule has 2 N–H and O–H groups in total. The second-order valence-corrected chi connectivity index (χ2v) is 6.10. The van der Waals surface area contributed by atoms with E-state index in [4.69, 9.17) is 9.84 Å². The van der Waals surface area contributed by atoms with Gasteiger partial charge < -0.3 is 15.2 Å². The lowest BCUT2D eigenvalue weighted by molar-refractivity contribution is -0.139. The average Bonchev–Trinajstić information content (AvgIpc) is 2.65. The van der Waals surface area contributed by atoms with Gasteiger partial charge in [-0.2, -0.15) is 13.2 Å². The van der Waals surface area contributed by atoms with Crippen LogP contribution in [0.5, 0.6) is 5.75 Å². The molecule has 0 heterocycles. The summed E-state index contributed by atoms with van der Waals surface area (Å²) < 4.78 is 42.4.